The topological polar surface area (TPSA) is 79.8 Å². The summed E-state index contributed by atoms with van der Waals surface area (Å²) < 4.78 is 0. The van der Waals surface area contributed by atoms with Gasteiger partial charge in [0.15, 0.2) is 5.69 Å². The Labute approximate surface area is 117 Å². The van der Waals surface area contributed by atoms with E-state index in [9.17, 15) is 4.79 Å². The zero-order valence-corrected chi connectivity index (χ0v) is 11.6. The highest BCUT2D eigenvalue weighted by molar-refractivity contribution is 5.92. The number of carbonyl (C=O) groups is 1. The van der Waals surface area contributed by atoms with E-state index in [1.54, 1.807) is 18.3 Å². The van der Waals surface area contributed by atoms with E-state index in [0.717, 1.165) is 17.8 Å². The number of nitrogens with zero attached hydrogens (tertiary/aromatic N) is 3. The smallest absolute Gasteiger partial charge is 0.272 e. The van der Waals surface area contributed by atoms with Gasteiger partial charge in [0.2, 0.25) is 0 Å². The molecule has 0 aliphatic rings. The van der Waals surface area contributed by atoms with Crippen LogP contribution in [0.25, 0.3) is 0 Å². The number of carbonyl (C=O) groups excluding carboxylic acids is 1. The second-order valence-corrected chi connectivity index (χ2v) is 4.32. The number of aromatic nitrogens is 3. The molecule has 0 aromatic carbocycles. The molecule has 0 aliphatic heterocycles. The van der Waals surface area contributed by atoms with Crippen molar-refractivity contribution < 1.29 is 4.79 Å². The number of amides is 1. The first kappa shape index (κ1) is 13.9. The number of aryl methyl sites for hydroxylation is 1. The number of nitrogens with one attached hydrogen (secondary N) is 2. The lowest BCUT2D eigenvalue weighted by molar-refractivity contribution is 0.0945. The van der Waals surface area contributed by atoms with Gasteiger partial charge in [0.05, 0.1) is 0 Å². The summed E-state index contributed by atoms with van der Waals surface area (Å²) in [4.78, 5) is 16.1. The van der Waals surface area contributed by atoms with Gasteiger partial charge in [-0.25, -0.2) is 0 Å². The van der Waals surface area contributed by atoms with Crippen molar-refractivity contribution in [2.24, 2.45) is 0 Å². The molecular weight excluding hydrogens is 254 g/mol. The standard InChI is InChI=1S/C14H17N5O/c1-3-15-13-7-6-12(18-19-13)14(20)17-9-11-5-4-10(2)16-8-11/h4-8H,3,9H2,1-2H3,(H,15,19)(H,17,20). The molecule has 0 radical (unpaired) electrons. The summed E-state index contributed by atoms with van der Waals surface area (Å²) in [5.74, 6) is 0.410. The molecule has 0 unspecified atom stereocenters. The van der Waals surface area contributed by atoms with Gasteiger partial charge in [-0.05, 0) is 37.6 Å². The largest absolute Gasteiger partial charge is 0.369 e. The molecule has 0 saturated heterocycles. The number of rotatable bonds is 5. The third-order valence-electron chi connectivity index (χ3n) is 2.68. The fraction of sp³-hybridized carbons (Fsp3) is 0.286. The molecule has 0 aliphatic carbocycles. The molecule has 0 spiro atoms. The zero-order valence-electron chi connectivity index (χ0n) is 11.6. The normalized spacial score (nSPS) is 10.1. The minimum Gasteiger partial charge on any atom is -0.369 e. The lowest BCUT2D eigenvalue weighted by atomic mass is 10.2. The van der Waals surface area contributed by atoms with Crippen LogP contribution >= 0.6 is 0 Å². The van der Waals surface area contributed by atoms with E-state index < -0.39 is 0 Å². The van der Waals surface area contributed by atoms with E-state index in [4.69, 9.17) is 0 Å². The van der Waals surface area contributed by atoms with Gasteiger partial charge in [-0.2, -0.15) is 0 Å². The fourth-order valence-electron chi connectivity index (χ4n) is 1.60. The molecular formula is C14H17N5O. The molecule has 104 valence electrons. The molecule has 0 atom stereocenters. The molecule has 0 saturated carbocycles. The van der Waals surface area contributed by atoms with Crippen LogP contribution in [-0.2, 0) is 6.54 Å². The van der Waals surface area contributed by atoms with Gasteiger partial charge < -0.3 is 10.6 Å². The Morgan fingerprint density at radius 1 is 1.20 bits per heavy atom. The third-order valence-corrected chi connectivity index (χ3v) is 2.68. The highest BCUT2D eigenvalue weighted by Crippen LogP contribution is 2.03. The summed E-state index contributed by atoms with van der Waals surface area (Å²) >= 11 is 0. The average molecular weight is 271 g/mol. The van der Waals surface area contributed by atoms with E-state index in [2.05, 4.69) is 25.8 Å². The SMILES string of the molecule is CCNc1ccc(C(=O)NCc2ccc(C)nc2)nn1. The van der Waals surface area contributed by atoms with Crippen molar-refractivity contribution in [2.75, 3.05) is 11.9 Å². The predicted octanol–water partition coefficient (Wildman–Crippen LogP) is 1.54. The van der Waals surface area contributed by atoms with Crippen LogP contribution in [0.4, 0.5) is 5.82 Å². The molecule has 2 rings (SSSR count). The maximum absolute atomic E-state index is 11.9. The zero-order chi connectivity index (χ0) is 14.4. The van der Waals surface area contributed by atoms with E-state index >= 15 is 0 Å². The quantitative estimate of drug-likeness (QED) is 0.862. The van der Waals surface area contributed by atoms with Crippen LogP contribution in [0.15, 0.2) is 30.5 Å². The molecule has 6 nitrogen and oxygen atoms in total. The summed E-state index contributed by atoms with van der Waals surface area (Å²) in [6, 6.07) is 7.22. The molecule has 2 N–H and O–H groups in total. The second-order valence-electron chi connectivity index (χ2n) is 4.32. The average Bonchev–Trinajstić information content (AvgIpc) is 2.47. The van der Waals surface area contributed by atoms with Gasteiger partial charge in [-0.1, -0.05) is 6.07 Å². The lowest BCUT2D eigenvalue weighted by Crippen LogP contribution is -2.24. The second kappa shape index (κ2) is 6.60. The Hall–Kier alpha value is -2.50. The van der Waals surface area contributed by atoms with Gasteiger partial charge in [-0.3, -0.25) is 9.78 Å². The van der Waals surface area contributed by atoms with Crippen LogP contribution in [0, 0.1) is 6.92 Å². The Kier molecular flexibility index (Phi) is 4.60. The minimum atomic E-state index is -0.249. The van der Waals surface area contributed by atoms with Gasteiger partial charge in [-0.15, -0.1) is 10.2 Å². The lowest BCUT2D eigenvalue weighted by Gasteiger charge is -2.05. The van der Waals surface area contributed by atoms with Crippen LogP contribution in [0.5, 0.6) is 0 Å². The Bertz CT molecular complexity index is 565. The summed E-state index contributed by atoms with van der Waals surface area (Å²) in [6.07, 6.45) is 1.75. The monoisotopic (exact) mass is 271 g/mol. The van der Waals surface area contributed by atoms with E-state index in [1.165, 1.54) is 0 Å². The van der Waals surface area contributed by atoms with Crippen molar-refractivity contribution in [1.82, 2.24) is 20.5 Å². The van der Waals surface area contributed by atoms with Crippen LogP contribution in [0.3, 0.4) is 0 Å². The Morgan fingerprint density at radius 3 is 2.65 bits per heavy atom. The summed E-state index contributed by atoms with van der Waals surface area (Å²) in [7, 11) is 0. The maximum atomic E-state index is 11.9. The first-order chi connectivity index (χ1) is 9.69. The molecule has 20 heavy (non-hydrogen) atoms. The summed E-state index contributed by atoms with van der Waals surface area (Å²) in [6.45, 7) is 5.07. The van der Waals surface area contributed by atoms with Crippen molar-refractivity contribution in [3.8, 4) is 0 Å². The molecule has 2 aromatic rings. The number of hydrogen-bond acceptors (Lipinski definition) is 5. The van der Waals surface area contributed by atoms with Gasteiger partial charge in [0.1, 0.15) is 5.82 Å². The maximum Gasteiger partial charge on any atom is 0.272 e. The molecule has 0 bridgehead atoms. The highest BCUT2D eigenvalue weighted by atomic mass is 16.1. The van der Waals surface area contributed by atoms with Crippen molar-refractivity contribution in [3.63, 3.8) is 0 Å². The Balaban J connectivity index is 1.92. The predicted molar refractivity (Wildman–Crippen MR) is 76.3 cm³/mol. The van der Waals surface area contributed by atoms with Crippen molar-refractivity contribution >= 4 is 11.7 Å². The molecule has 0 fully saturated rings. The van der Waals surface area contributed by atoms with Crippen molar-refractivity contribution in [2.45, 2.75) is 20.4 Å². The van der Waals surface area contributed by atoms with E-state index in [-0.39, 0.29) is 5.91 Å². The highest BCUT2D eigenvalue weighted by Gasteiger charge is 2.07. The van der Waals surface area contributed by atoms with Crippen molar-refractivity contribution in [1.29, 1.82) is 0 Å². The third kappa shape index (κ3) is 3.74. The molecule has 1 amide bonds. The minimum absolute atomic E-state index is 0.249. The number of anilines is 1. The van der Waals surface area contributed by atoms with Crippen LogP contribution in [-0.4, -0.2) is 27.6 Å². The van der Waals surface area contributed by atoms with Crippen LogP contribution in [0.1, 0.15) is 28.7 Å². The fourth-order valence-corrected chi connectivity index (χ4v) is 1.60. The summed E-state index contributed by atoms with van der Waals surface area (Å²) in [5.41, 5.74) is 2.19. The Morgan fingerprint density at radius 2 is 2.05 bits per heavy atom. The number of hydrogen-bond donors (Lipinski definition) is 2. The first-order valence-electron chi connectivity index (χ1n) is 6.46. The van der Waals surface area contributed by atoms with E-state index in [1.807, 2.05) is 26.0 Å². The summed E-state index contributed by atoms with van der Waals surface area (Å²) in [5, 5.41) is 13.6. The first-order valence-corrected chi connectivity index (χ1v) is 6.46. The molecule has 2 heterocycles. The van der Waals surface area contributed by atoms with Crippen LogP contribution < -0.4 is 10.6 Å². The van der Waals surface area contributed by atoms with Crippen LogP contribution in [0.2, 0.25) is 0 Å². The number of pyridine rings is 1. The van der Waals surface area contributed by atoms with Gasteiger partial charge >= 0.3 is 0 Å². The van der Waals surface area contributed by atoms with Gasteiger partial charge in [0.25, 0.3) is 5.91 Å². The van der Waals surface area contributed by atoms with Gasteiger partial charge in [0, 0.05) is 25.0 Å². The van der Waals surface area contributed by atoms with Crippen molar-refractivity contribution in [3.05, 3.63) is 47.4 Å². The molecule has 2 aromatic heterocycles. The van der Waals surface area contributed by atoms with E-state index in [0.29, 0.717) is 18.1 Å². The molecule has 6 heteroatoms.